The molecule has 0 bridgehead atoms. The minimum atomic E-state index is -1.33. The van der Waals surface area contributed by atoms with Crippen molar-refractivity contribution < 1.29 is 19.4 Å². The molecule has 0 spiro atoms. The van der Waals surface area contributed by atoms with Gasteiger partial charge in [0.25, 0.3) is 0 Å². The number of rotatable bonds is 1. The number of nitriles is 1. The summed E-state index contributed by atoms with van der Waals surface area (Å²) >= 11 is 0. The molecule has 1 heterocycles. The summed E-state index contributed by atoms with van der Waals surface area (Å²) in [5, 5.41) is 16.7. The summed E-state index contributed by atoms with van der Waals surface area (Å²) in [5.74, 6) is -1.51. The second-order valence-electron chi connectivity index (χ2n) is 1.78. The van der Waals surface area contributed by atoms with Crippen LogP contribution in [0, 0.1) is 11.3 Å². The molecular formula is C6H5NO4. The molecule has 5 nitrogen and oxygen atoms in total. The first kappa shape index (κ1) is 7.41. The fourth-order valence-electron chi connectivity index (χ4n) is 0.636. The summed E-state index contributed by atoms with van der Waals surface area (Å²) in [5.41, 5.74) is -0.484. The second-order valence-corrected chi connectivity index (χ2v) is 1.78. The molecule has 0 aromatic rings. The van der Waals surface area contributed by atoms with Crippen LogP contribution in [0.1, 0.15) is 0 Å². The standard InChI is InChI=1S/C6H5NO4/c7-3-4(5(8)9)6-10-1-2-11-6/h1-2H2,(H,8,9). The molecule has 1 saturated heterocycles. The van der Waals surface area contributed by atoms with E-state index in [4.69, 9.17) is 19.8 Å². The summed E-state index contributed by atoms with van der Waals surface area (Å²) in [6, 6.07) is 1.47. The Morgan fingerprint density at radius 1 is 1.55 bits per heavy atom. The smallest absolute Gasteiger partial charge is 0.353 e. The van der Waals surface area contributed by atoms with Gasteiger partial charge in [0.15, 0.2) is 0 Å². The summed E-state index contributed by atoms with van der Waals surface area (Å²) in [6.07, 6.45) is 0. The van der Waals surface area contributed by atoms with Gasteiger partial charge in [0.05, 0.1) is 0 Å². The molecular weight excluding hydrogens is 150 g/mol. The van der Waals surface area contributed by atoms with Crippen LogP contribution in [0.5, 0.6) is 0 Å². The Labute approximate surface area is 62.4 Å². The fraction of sp³-hybridized carbons (Fsp3) is 0.333. The Kier molecular flexibility index (Phi) is 1.97. The van der Waals surface area contributed by atoms with E-state index in [2.05, 4.69) is 0 Å². The van der Waals surface area contributed by atoms with E-state index in [0.29, 0.717) is 13.2 Å². The fourth-order valence-corrected chi connectivity index (χ4v) is 0.636. The van der Waals surface area contributed by atoms with Crippen molar-refractivity contribution in [3.05, 3.63) is 11.5 Å². The monoisotopic (exact) mass is 155 g/mol. The highest BCUT2D eigenvalue weighted by Crippen LogP contribution is 2.12. The normalized spacial score (nSPS) is 14.6. The minimum absolute atomic E-state index is 0.181. The van der Waals surface area contributed by atoms with Crippen molar-refractivity contribution in [2.45, 2.75) is 0 Å². The van der Waals surface area contributed by atoms with Crippen molar-refractivity contribution in [1.82, 2.24) is 0 Å². The Morgan fingerprint density at radius 3 is 2.45 bits per heavy atom. The number of carboxylic acid groups (broad SMARTS) is 1. The lowest BCUT2D eigenvalue weighted by molar-refractivity contribution is -0.132. The highest BCUT2D eigenvalue weighted by Gasteiger charge is 2.20. The van der Waals surface area contributed by atoms with Crippen LogP contribution in [-0.4, -0.2) is 24.3 Å². The van der Waals surface area contributed by atoms with Gasteiger partial charge in [0.2, 0.25) is 5.57 Å². The highest BCUT2D eigenvalue weighted by atomic mass is 16.7. The van der Waals surface area contributed by atoms with Gasteiger partial charge in [-0.25, -0.2) is 4.79 Å². The molecule has 0 aliphatic carbocycles. The van der Waals surface area contributed by atoms with Gasteiger partial charge in [-0.3, -0.25) is 0 Å². The summed E-state index contributed by atoms with van der Waals surface area (Å²) < 4.78 is 9.44. The van der Waals surface area contributed by atoms with Gasteiger partial charge in [0, 0.05) is 0 Å². The lowest BCUT2D eigenvalue weighted by atomic mass is 10.3. The molecule has 0 radical (unpaired) electrons. The van der Waals surface area contributed by atoms with Crippen molar-refractivity contribution >= 4 is 5.97 Å². The third-order valence-corrected chi connectivity index (χ3v) is 1.08. The lowest BCUT2D eigenvalue weighted by Gasteiger charge is -1.96. The summed E-state index contributed by atoms with van der Waals surface area (Å²) in [4.78, 5) is 10.3. The molecule has 1 fully saturated rings. The molecule has 1 rings (SSSR count). The Bertz CT molecular complexity index is 242. The van der Waals surface area contributed by atoms with Crippen LogP contribution in [0.3, 0.4) is 0 Å². The Morgan fingerprint density at radius 2 is 2.09 bits per heavy atom. The number of carbonyl (C=O) groups is 1. The first-order chi connectivity index (χ1) is 5.25. The van der Waals surface area contributed by atoms with E-state index in [-0.39, 0.29) is 5.95 Å². The number of nitrogens with zero attached hydrogens (tertiary/aromatic N) is 1. The molecule has 0 saturated carbocycles. The SMILES string of the molecule is N#CC(C(=O)O)=C1OCCO1. The van der Waals surface area contributed by atoms with Crippen LogP contribution in [0.15, 0.2) is 11.5 Å². The van der Waals surface area contributed by atoms with Gasteiger partial charge in [0.1, 0.15) is 19.3 Å². The molecule has 1 N–H and O–H groups in total. The molecule has 5 heteroatoms. The number of hydrogen-bond donors (Lipinski definition) is 1. The highest BCUT2D eigenvalue weighted by molar-refractivity contribution is 5.91. The van der Waals surface area contributed by atoms with Crippen LogP contribution in [0.25, 0.3) is 0 Å². The molecule has 1 aliphatic heterocycles. The zero-order valence-electron chi connectivity index (χ0n) is 5.53. The molecule has 0 aromatic heterocycles. The largest absolute Gasteiger partial charge is 0.477 e. The maximum atomic E-state index is 10.3. The van der Waals surface area contributed by atoms with Crippen molar-refractivity contribution in [2.75, 3.05) is 13.2 Å². The summed E-state index contributed by atoms with van der Waals surface area (Å²) in [7, 11) is 0. The lowest BCUT2D eigenvalue weighted by Crippen LogP contribution is -2.02. The van der Waals surface area contributed by atoms with Crippen LogP contribution in [0.4, 0.5) is 0 Å². The van der Waals surface area contributed by atoms with Gasteiger partial charge in [-0.15, -0.1) is 0 Å². The van der Waals surface area contributed by atoms with Gasteiger partial charge in [-0.2, -0.15) is 5.26 Å². The van der Waals surface area contributed by atoms with Crippen LogP contribution >= 0.6 is 0 Å². The number of aliphatic carboxylic acids is 1. The van der Waals surface area contributed by atoms with E-state index in [1.54, 1.807) is 0 Å². The average molecular weight is 155 g/mol. The maximum Gasteiger partial charge on any atom is 0.353 e. The van der Waals surface area contributed by atoms with Gasteiger partial charge >= 0.3 is 11.9 Å². The maximum absolute atomic E-state index is 10.3. The van der Waals surface area contributed by atoms with Gasteiger partial charge in [-0.05, 0) is 0 Å². The van der Waals surface area contributed by atoms with Crippen LogP contribution in [0.2, 0.25) is 0 Å². The van der Waals surface area contributed by atoms with Crippen LogP contribution < -0.4 is 0 Å². The molecule has 0 amide bonds. The summed E-state index contributed by atoms with van der Waals surface area (Å²) in [6.45, 7) is 0.599. The molecule has 1 aliphatic rings. The van der Waals surface area contributed by atoms with Crippen molar-refractivity contribution in [1.29, 1.82) is 5.26 Å². The topological polar surface area (TPSA) is 79.6 Å². The predicted octanol–water partition coefficient (Wildman–Crippen LogP) is -0.147. The molecule has 0 aromatic carbocycles. The van der Waals surface area contributed by atoms with E-state index >= 15 is 0 Å². The second kappa shape index (κ2) is 2.92. The zero-order valence-corrected chi connectivity index (χ0v) is 5.53. The number of carboxylic acids is 1. The first-order valence-electron chi connectivity index (χ1n) is 2.89. The minimum Gasteiger partial charge on any atom is -0.477 e. The molecule has 58 valence electrons. The first-order valence-corrected chi connectivity index (χ1v) is 2.89. The molecule has 11 heavy (non-hydrogen) atoms. The Hall–Kier alpha value is -1.70. The van der Waals surface area contributed by atoms with E-state index in [1.807, 2.05) is 0 Å². The third kappa shape index (κ3) is 1.41. The van der Waals surface area contributed by atoms with E-state index in [0.717, 1.165) is 0 Å². The van der Waals surface area contributed by atoms with Gasteiger partial charge < -0.3 is 14.6 Å². The average Bonchev–Trinajstić information content (AvgIpc) is 2.40. The van der Waals surface area contributed by atoms with Crippen molar-refractivity contribution in [3.8, 4) is 6.07 Å². The molecule has 0 unspecified atom stereocenters. The van der Waals surface area contributed by atoms with Crippen molar-refractivity contribution in [2.24, 2.45) is 0 Å². The molecule has 0 atom stereocenters. The van der Waals surface area contributed by atoms with Crippen LogP contribution in [-0.2, 0) is 14.3 Å². The zero-order chi connectivity index (χ0) is 8.27. The quantitative estimate of drug-likeness (QED) is 0.421. The van der Waals surface area contributed by atoms with Gasteiger partial charge in [-0.1, -0.05) is 0 Å². The number of hydrogen-bond acceptors (Lipinski definition) is 4. The third-order valence-electron chi connectivity index (χ3n) is 1.08. The Balaban J connectivity index is 2.90. The van der Waals surface area contributed by atoms with E-state index in [1.165, 1.54) is 6.07 Å². The predicted molar refractivity (Wildman–Crippen MR) is 32.2 cm³/mol. The van der Waals surface area contributed by atoms with Crippen molar-refractivity contribution in [3.63, 3.8) is 0 Å². The van der Waals surface area contributed by atoms with E-state index in [9.17, 15) is 4.79 Å². The van der Waals surface area contributed by atoms with E-state index < -0.39 is 11.5 Å². The number of ether oxygens (including phenoxy) is 2.